The van der Waals surface area contributed by atoms with Crippen LogP contribution in [0, 0.1) is 0 Å². The lowest BCUT2D eigenvalue weighted by molar-refractivity contribution is -0.113. The highest BCUT2D eigenvalue weighted by Gasteiger charge is 2.22. The second-order valence-corrected chi connectivity index (χ2v) is 10.4. The SMILES string of the molecule is CCCCn1c(SCC(=O)Nc2nc(-c3ccc(Cl)c(Cl)c3)cs2)nnc1C(CC)N(C)C. The van der Waals surface area contributed by atoms with E-state index in [-0.39, 0.29) is 17.7 Å². The van der Waals surface area contributed by atoms with Gasteiger partial charge >= 0.3 is 0 Å². The van der Waals surface area contributed by atoms with E-state index >= 15 is 0 Å². The predicted molar refractivity (Wildman–Crippen MR) is 139 cm³/mol. The molecule has 0 saturated carbocycles. The standard InChI is InChI=1S/C22H28Cl2N6OS2/c1-5-7-10-30-20(18(6-2)29(3)4)27-28-22(30)33-13-19(31)26-21-25-17(12-32-21)14-8-9-15(23)16(24)11-14/h8-9,11-12,18H,5-7,10,13H2,1-4H3,(H,25,26,31). The molecule has 33 heavy (non-hydrogen) atoms. The first-order valence-electron chi connectivity index (χ1n) is 10.8. The molecule has 0 aliphatic heterocycles. The molecule has 0 fully saturated rings. The summed E-state index contributed by atoms with van der Waals surface area (Å²) in [6.07, 6.45) is 3.05. The molecule has 0 saturated heterocycles. The van der Waals surface area contributed by atoms with Crippen molar-refractivity contribution in [3.05, 3.63) is 39.4 Å². The van der Waals surface area contributed by atoms with Crippen LogP contribution in [0.5, 0.6) is 0 Å². The molecule has 1 unspecified atom stereocenters. The van der Waals surface area contributed by atoms with Crippen LogP contribution < -0.4 is 5.32 Å². The lowest BCUT2D eigenvalue weighted by Crippen LogP contribution is -2.23. The lowest BCUT2D eigenvalue weighted by Gasteiger charge is -2.23. The van der Waals surface area contributed by atoms with Gasteiger partial charge in [-0.25, -0.2) is 4.98 Å². The van der Waals surface area contributed by atoms with E-state index in [1.165, 1.54) is 23.1 Å². The van der Waals surface area contributed by atoms with Crippen LogP contribution in [-0.2, 0) is 11.3 Å². The lowest BCUT2D eigenvalue weighted by atomic mass is 10.2. The highest BCUT2D eigenvalue weighted by molar-refractivity contribution is 7.99. The number of amides is 1. The molecule has 3 rings (SSSR count). The highest BCUT2D eigenvalue weighted by Crippen LogP contribution is 2.31. The summed E-state index contributed by atoms with van der Waals surface area (Å²) in [4.78, 5) is 19.2. The smallest absolute Gasteiger partial charge is 0.236 e. The summed E-state index contributed by atoms with van der Waals surface area (Å²) in [6, 6.07) is 5.53. The molecule has 0 radical (unpaired) electrons. The van der Waals surface area contributed by atoms with Crippen LogP contribution in [-0.4, -0.2) is 50.4 Å². The number of hydrogen-bond donors (Lipinski definition) is 1. The maximum absolute atomic E-state index is 12.6. The minimum absolute atomic E-state index is 0.138. The first-order chi connectivity index (χ1) is 15.8. The van der Waals surface area contributed by atoms with Crippen molar-refractivity contribution in [3.8, 4) is 11.3 Å². The zero-order valence-electron chi connectivity index (χ0n) is 19.1. The van der Waals surface area contributed by atoms with Crippen molar-refractivity contribution in [3.63, 3.8) is 0 Å². The van der Waals surface area contributed by atoms with Crippen LogP contribution in [0.25, 0.3) is 11.3 Å². The van der Waals surface area contributed by atoms with E-state index in [0.717, 1.165) is 48.0 Å². The Morgan fingerprint density at radius 1 is 1.24 bits per heavy atom. The fourth-order valence-corrected chi connectivity index (χ4v) is 5.17. The van der Waals surface area contributed by atoms with Crippen molar-refractivity contribution >= 4 is 57.3 Å². The number of carbonyl (C=O) groups excluding carboxylic acids is 1. The van der Waals surface area contributed by atoms with Gasteiger partial charge in [0.05, 0.1) is 27.5 Å². The molecule has 2 heterocycles. The first-order valence-corrected chi connectivity index (χ1v) is 13.4. The predicted octanol–water partition coefficient (Wildman–Crippen LogP) is 6.25. The third-order valence-electron chi connectivity index (χ3n) is 5.09. The minimum Gasteiger partial charge on any atom is -0.305 e. The average Bonchev–Trinajstić information content (AvgIpc) is 3.40. The van der Waals surface area contributed by atoms with Gasteiger partial charge in [-0.15, -0.1) is 21.5 Å². The van der Waals surface area contributed by atoms with Gasteiger partial charge in [-0.2, -0.15) is 0 Å². The molecule has 11 heteroatoms. The van der Waals surface area contributed by atoms with Crippen LogP contribution >= 0.6 is 46.3 Å². The Bertz CT molecular complexity index is 1080. The molecule has 0 bridgehead atoms. The highest BCUT2D eigenvalue weighted by atomic mass is 35.5. The number of nitrogens with one attached hydrogen (secondary N) is 1. The molecule has 1 aromatic carbocycles. The first kappa shape index (κ1) is 26.0. The summed E-state index contributed by atoms with van der Waals surface area (Å²) in [5, 5.41) is 15.9. The number of carbonyl (C=O) groups is 1. The number of rotatable bonds is 11. The molecule has 2 aromatic heterocycles. The Balaban J connectivity index is 1.65. The van der Waals surface area contributed by atoms with Gasteiger partial charge in [-0.05, 0) is 39.1 Å². The van der Waals surface area contributed by atoms with Crippen molar-refractivity contribution in [1.82, 2.24) is 24.6 Å². The van der Waals surface area contributed by atoms with Gasteiger partial charge in [-0.3, -0.25) is 9.69 Å². The number of anilines is 1. The molecular weight excluding hydrogens is 499 g/mol. The molecule has 7 nitrogen and oxygen atoms in total. The summed E-state index contributed by atoms with van der Waals surface area (Å²) in [5.41, 5.74) is 1.58. The van der Waals surface area contributed by atoms with E-state index in [0.29, 0.717) is 15.2 Å². The Morgan fingerprint density at radius 3 is 2.70 bits per heavy atom. The summed E-state index contributed by atoms with van der Waals surface area (Å²) in [6.45, 7) is 5.14. The molecule has 3 aromatic rings. The zero-order valence-corrected chi connectivity index (χ0v) is 22.3. The van der Waals surface area contributed by atoms with Crippen LogP contribution in [0.4, 0.5) is 5.13 Å². The average molecular weight is 528 g/mol. The van der Waals surface area contributed by atoms with Gasteiger partial charge in [0, 0.05) is 17.5 Å². The number of aromatic nitrogens is 4. The number of unbranched alkanes of at least 4 members (excludes halogenated alkanes) is 1. The van der Waals surface area contributed by atoms with Gasteiger partial charge in [0.15, 0.2) is 16.1 Å². The molecule has 0 aliphatic rings. The molecule has 1 N–H and O–H groups in total. The van der Waals surface area contributed by atoms with E-state index in [1.54, 1.807) is 12.1 Å². The van der Waals surface area contributed by atoms with Crippen molar-refractivity contribution in [1.29, 1.82) is 0 Å². The summed E-state index contributed by atoms with van der Waals surface area (Å²) < 4.78 is 2.15. The number of hydrogen-bond acceptors (Lipinski definition) is 7. The molecule has 178 valence electrons. The quantitative estimate of drug-likeness (QED) is 0.297. The van der Waals surface area contributed by atoms with Crippen molar-refractivity contribution in [2.75, 3.05) is 25.2 Å². The van der Waals surface area contributed by atoms with E-state index in [9.17, 15) is 4.79 Å². The van der Waals surface area contributed by atoms with E-state index < -0.39 is 0 Å². The van der Waals surface area contributed by atoms with Gasteiger partial charge < -0.3 is 9.88 Å². The van der Waals surface area contributed by atoms with Crippen molar-refractivity contribution in [2.45, 2.75) is 50.9 Å². The summed E-state index contributed by atoms with van der Waals surface area (Å²) in [7, 11) is 4.10. The summed E-state index contributed by atoms with van der Waals surface area (Å²) in [5.74, 6) is 1.04. The fraction of sp³-hybridized carbons (Fsp3) is 0.455. The molecule has 0 spiro atoms. The Labute approximate surface area is 212 Å². The van der Waals surface area contributed by atoms with E-state index in [1.807, 2.05) is 25.5 Å². The number of thiazole rings is 1. The fourth-order valence-electron chi connectivity index (χ4n) is 3.36. The second-order valence-electron chi connectivity index (χ2n) is 7.74. The minimum atomic E-state index is -0.138. The maximum atomic E-state index is 12.6. The van der Waals surface area contributed by atoms with Crippen LogP contribution in [0.3, 0.4) is 0 Å². The topological polar surface area (TPSA) is 75.9 Å². The number of nitrogens with zero attached hydrogens (tertiary/aromatic N) is 5. The Kier molecular flexibility index (Phi) is 9.57. The van der Waals surface area contributed by atoms with Gasteiger partial charge in [0.2, 0.25) is 5.91 Å². The van der Waals surface area contributed by atoms with Crippen molar-refractivity contribution < 1.29 is 4.79 Å². The Hall–Kier alpha value is -1.65. The number of halogens is 2. The molecule has 0 aliphatic carbocycles. The Morgan fingerprint density at radius 2 is 2.03 bits per heavy atom. The van der Waals surface area contributed by atoms with E-state index in [4.69, 9.17) is 23.2 Å². The van der Waals surface area contributed by atoms with Crippen LogP contribution in [0.1, 0.15) is 45.0 Å². The number of benzene rings is 1. The third-order valence-corrected chi connectivity index (χ3v) is 7.55. The van der Waals surface area contributed by atoms with Gasteiger partial charge in [0.25, 0.3) is 0 Å². The second kappa shape index (κ2) is 12.2. The third kappa shape index (κ3) is 6.70. The normalized spacial score (nSPS) is 12.3. The monoisotopic (exact) mass is 526 g/mol. The molecule has 1 atom stereocenters. The van der Waals surface area contributed by atoms with E-state index in [2.05, 4.69) is 43.8 Å². The van der Waals surface area contributed by atoms with Crippen LogP contribution in [0.15, 0.2) is 28.7 Å². The van der Waals surface area contributed by atoms with Gasteiger partial charge in [-0.1, -0.05) is 61.3 Å². The van der Waals surface area contributed by atoms with Crippen LogP contribution in [0.2, 0.25) is 10.0 Å². The van der Waals surface area contributed by atoms with Gasteiger partial charge in [0.1, 0.15) is 0 Å². The molecular formula is C22H28Cl2N6OS2. The largest absolute Gasteiger partial charge is 0.305 e. The zero-order chi connectivity index (χ0) is 24.0. The summed E-state index contributed by atoms with van der Waals surface area (Å²) >= 11 is 14.8. The van der Waals surface area contributed by atoms with Crippen molar-refractivity contribution in [2.24, 2.45) is 0 Å². The maximum Gasteiger partial charge on any atom is 0.236 e. The number of thioether (sulfide) groups is 1. The molecule has 1 amide bonds.